The van der Waals surface area contributed by atoms with E-state index in [2.05, 4.69) is 5.16 Å². The van der Waals surface area contributed by atoms with E-state index in [1.807, 2.05) is 13.0 Å². The summed E-state index contributed by atoms with van der Waals surface area (Å²) in [5.41, 5.74) is 0.911. The third-order valence-corrected chi connectivity index (χ3v) is 5.00. The van der Waals surface area contributed by atoms with E-state index in [1.165, 1.54) is 12.1 Å². The van der Waals surface area contributed by atoms with Crippen molar-refractivity contribution >= 4 is 32.9 Å². The number of hydrogen-bond donors (Lipinski definition) is 0. The molecule has 0 atom stereocenters. The fourth-order valence-electron chi connectivity index (χ4n) is 1.72. The normalized spacial score (nSPS) is 11.8. The lowest BCUT2D eigenvalue weighted by Crippen LogP contribution is -2.16. The topological polar surface area (TPSA) is 82.0 Å². The first-order valence-corrected chi connectivity index (χ1v) is 9.63. The van der Waals surface area contributed by atoms with Gasteiger partial charge in [0.1, 0.15) is 4.90 Å². The smallest absolute Gasteiger partial charge is 0.367 e. The van der Waals surface area contributed by atoms with Crippen LogP contribution in [0.2, 0.25) is 0 Å². The molecule has 2 aromatic carbocycles. The molecule has 0 spiro atoms. The van der Waals surface area contributed by atoms with Gasteiger partial charge in [0.05, 0.1) is 6.61 Å². The average Bonchev–Trinajstić information content (AvgIpc) is 2.60. The zero-order valence-electron chi connectivity index (χ0n) is 13.7. The van der Waals surface area contributed by atoms with Crippen molar-refractivity contribution in [2.24, 2.45) is 5.16 Å². The average molecular weight is 379 g/mol. The Morgan fingerprint density at radius 2 is 1.72 bits per heavy atom. The second-order valence-corrected chi connectivity index (χ2v) is 7.46. The zero-order valence-corrected chi connectivity index (χ0v) is 15.3. The molecule has 2 rings (SSSR count). The van der Waals surface area contributed by atoms with E-state index < -0.39 is 16.1 Å². The number of oxime groups is 1. The third-order valence-electron chi connectivity index (χ3n) is 2.94. The monoisotopic (exact) mass is 379 g/mol. The lowest BCUT2D eigenvalue weighted by atomic mass is 10.2. The predicted octanol–water partition coefficient (Wildman–Crippen LogP) is 3.37. The molecule has 6 nitrogen and oxygen atoms in total. The lowest BCUT2D eigenvalue weighted by Gasteiger charge is -2.06. The summed E-state index contributed by atoms with van der Waals surface area (Å²) in [7, 11) is -4.12. The molecule has 8 heteroatoms. The quantitative estimate of drug-likeness (QED) is 0.260. The molecule has 0 aromatic heterocycles. The molecule has 0 fully saturated rings. The molecule has 0 amide bonds. The van der Waals surface area contributed by atoms with Crippen LogP contribution < -0.4 is 0 Å². The van der Waals surface area contributed by atoms with Gasteiger partial charge in [-0.2, -0.15) is 8.42 Å². The summed E-state index contributed by atoms with van der Waals surface area (Å²) in [6, 6.07) is 15.0. The van der Waals surface area contributed by atoms with Crippen molar-refractivity contribution in [1.29, 1.82) is 0 Å². The Hall–Kier alpha value is -2.32. The first-order valence-electron chi connectivity index (χ1n) is 7.40. The van der Waals surface area contributed by atoms with Crippen LogP contribution in [0.4, 0.5) is 0 Å². The van der Waals surface area contributed by atoms with Crippen molar-refractivity contribution in [2.75, 3.05) is 6.61 Å². The second-order valence-electron chi connectivity index (χ2n) is 4.87. The van der Waals surface area contributed by atoms with Gasteiger partial charge in [0.25, 0.3) is 0 Å². The van der Waals surface area contributed by atoms with Crippen LogP contribution >= 0.6 is 11.8 Å². The highest BCUT2D eigenvalue weighted by molar-refractivity contribution is 8.15. The van der Waals surface area contributed by atoms with E-state index in [-0.39, 0.29) is 16.5 Å². The van der Waals surface area contributed by atoms with E-state index >= 15 is 0 Å². The van der Waals surface area contributed by atoms with E-state index in [1.54, 1.807) is 43.3 Å². The summed E-state index contributed by atoms with van der Waals surface area (Å²) in [6.07, 6.45) is 0. The Balaban J connectivity index is 2.24. The maximum atomic E-state index is 12.2. The largest absolute Gasteiger partial charge is 0.461 e. The number of esters is 1. The predicted molar refractivity (Wildman–Crippen MR) is 95.8 cm³/mol. The molecule has 0 heterocycles. The van der Waals surface area contributed by atoms with Crippen molar-refractivity contribution in [2.45, 2.75) is 23.6 Å². The SMILES string of the molecule is CCOC(=O)C(=NOS(=O)(=O)c1ccc(C)cc1)Sc1ccccc1. The fourth-order valence-corrected chi connectivity index (χ4v) is 3.23. The summed E-state index contributed by atoms with van der Waals surface area (Å²) in [4.78, 5) is 12.7. The van der Waals surface area contributed by atoms with Gasteiger partial charge in [0, 0.05) is 4.90 Å². The van der Waals surface area contributed by atoms with Gasteiger partial charge in [-0.3, -0.25) is 4.28 Å². The number of carbonyl (C=O) groups excluding carboxylic acids is 1. The molecule has 0 bridgehead atoms. The van der Waals surface area contributed by atoms with Gasteiger partial charge in [0.15, 0.2) is 0 Å². The van der Waals surface area contributed by atoms with Crippen LogP contribution in [-0.4, -0.2) is 26.0 Å². The van der Waals surface area contributed by atoms with Crippen molar-refractivity contribution in [1.82, 2.24) is 0 Å². The van der Waals surface area contributed by atoms with Crippen LogP contribution in [0, 0.1) is 6.92 Å². The van der Waals surface area contributed by atoms with Crippen LogP contribution in [0.25, 0.3) is 0 Å². The van der Waals surface area contributed by atoms with Crippen LogP contribution in [0.15, 0.2) is 69.5 Å². The van der Waals surface area contributed by atoms with Crippen molar-refractivity contribution in [3.63, 3.8) is 0 Å². The highest BCUT2D eigenvalue weighted by atomic mass is 32.2. The van der Waals surface area contributed by atoms with Gasteiger partial charge in [-0.05, 0) is 38.1 Å². The number of benzene rings is 2. The fraction of sp³-hybridized carbons (Fsp3) is 0.176. The molecule has 0 aliphatic carbocycles. The van der Waals surface area contributed by atoms with Gasteiger partial charge in [0.2, 0.25) is 5.04 Å². The minimum Gasteiger partial charge on any atom is -0.461 e. The molecule has 0 N–H and O–H groups in total. The number of ether oxygens (including phenoxy) is 1. The number of thioether (sulfide) groups is 1. The van der Waals surface area contributed by atoms with Gasteiger partial charge in [-0.15, -0.1) is 0 Å². The number of hydrogen-bond acceptors (Lipinski definition) is 7. The second kappa shape index (κ2) is 8.68. The summed E-state index contributed by atoms with van der Waals surface area (Å²) < 4.78 is 34.0. The van der Waals surface area contributed by atoms with Crippen molar-refractivity contribution in [3.05, 3.63) is 60.2 Å². The minimum atomic E-state index is -4.12. The standard InChI is InChI=1S/C17H17NO5S2/c1-3-22-17(19)16(24-14-7-5-4-6-8-14)18-23-25(20,21)15-11-9-13(2)10-12-15/h4-12H,3H2,1-2H3. The van der Waals surface area contributed by atoms with Crippen LogP contribution in [0.1, 0.15) is 12.5 Å². The molecule has 132 valence electrons. The maximum absolute atomic E-state index is 12.2. The molecule has 25 heavy (non-hydrogen) atoms. The Bertz CT molecular complexity index is 846. The van der Waals surface area contributed by atoms with Gasteiger partial charge in [-0.25, -0.2) is 4.79 Å². The molecule has 0 saturated carbocycles. The summed E-state index contributed by atoms with van der Waals surface area (Å²) >= 11 is 0.961. The Morgan fingerprint density at radius 1 is 1.08 bits per heavy atom. The molecule has 2 aromatic rings. The Kier molecular flexibility index (Phi) is 6.60. The van der Waals surface area contributed by atoms with E-state index in [4.69, 9.17) is 9.02 Å². The number of carbonyl (C=O) groups is 1. The van der Waals surface area contributed by atoms with Crippen molar-refractivity contribution < 1.29 is 22.2 Å². The molecular weight excluding hydrogens is 362 g/mol. The first kappa shape index (κ1) is 19.0. The Morgan fingerprint density at radius 3 is 2.32 bits per heavy atom. The number of aryl methyl sites for hydroxylation is 1. The van der Waals surface area contributed by atoms with Crippen LogP contribution in [-0.2, 0) is 23.9 Å². The number of nitrogens with zero attached hydrogens (tertiary/aromatic N) is 1. The number of rotatable bonds is 5. The van der Waals surface area contributed by atoms with Crippen LogP contribution in [0.5, 0.6) is 0 Å². The lowest BCUT2D eigenvalue weighted by molar-refractivity contribution is -0.134. The van der Waals surface area contributed by atoms with Gasteiger partial charge < -0.3 is 4.74 Å². The molecule has 0 unspecified atom stereocenters. The highest BCUT2D eigenvalue weighted by Gasteiger charge is 2.20. The summed E-state index contributed by atoms with van der Waals surface area (Å²) in [5.74, 6) is -0.754. The maximum Gasteiger partial charge on any atom is 0.367 e. The first-order chi connectivity index (χ1) is 11.9. The van der Waals surface area contributed by atoms with Gasteiger partial charge in [-0.1, -0.05) is 52.8 Å². The molecular formula is C17H17NO5S2. The third kappa shape index (κ3) is 5.61. The van der Waals surface area contributed by atoms with E-state index in [9.17, 15) is 13.2 Å². The zero-order chi connectivity index (χ0) is 18.3. The molecule has 0 radical (unpaired) electrons. The Labute approximate surface area is 151 Å². The van der Waals surface area contributed by atoms with E-state index in [0.29, 0.717) is 4.90 Å². The van der Waals surface area contributed by atoms with Gasteiger partial charge >= 0.3 is 16.1 Å². The van der Waals surface area contributed by atoms with Crippen molar-refractivity contribution in [3.8, 4) is 0 Å². The molecule has 0 aliphatic heterocycles. The van der Waals surface area contributed by atoms with Crippen LogP contribution in [0.3, 0.4) is 0 Å². The van der Waals surface area contributed by atoms with E-state index in [0.717, 1.165) is 17.3 Å². The highest BCUT2D eigenvalue weighted by Crippen LogP contribution is 2.21. The summed E-state index contributed by atoms with van der Waals surface area (Å²) in [6.45, 7) is 3.62. The molecule has 0 saturated heterocycles. The molecule has 0 aliphatic rings. The summed E-state index contributed by atoms with van der Waals surface area (Å²) in [5, 5.41) is 3.32. The minimum absolute atomic E-state index is 0.0465.